The molecule has 0 radical (unpaired) electrons. The number of hydrogen-bond acceptors (Lipinski definition) is 4. The van der Waals surface area contributed by atoms with Crippen LogP contribution in [0.3, 0.4) is 0 Å². The quantitative estimate of drug-likeness (QED) is 0.414. The Labute approximate surface area is 76.1 Å². The minimum absolute atomic E-state index is 0.0667. The Morgan fingerprint density at radius 1 is 1.46 bits per heavy atom. The highest BCUT2D eigenvalue weighted by atomic mass is 16.5. The molecule has 0 aliphatic heterocycles. The van der Waals surface area contributed by atoms with Crippen LogP contribution in [-0.2, 0) is 0 Å². The van der Waals surface area contributed by atoms with Crippen molar-refractivity contribution in [3.8, 4) is 11.5 Å². The van der Waals surface area contributed by atoms with E-state index in [1.807, 2.05) is 0 Å². The van der Waals surface area contributed by atoms with Gasteiger partial charge in [-0.3, -0.25) is 0 Å². The summed E-state index contributed by atoms with van der Waals surface area (Å²) in [4.78, 5) is 0. The number of methoxy groups -OCH3 is 1. The fourth-order valence-electron chi connectivity index (χ4n) is 0.960. The van der Waals surface area contributed by atoms with E-state index in [2.05, 4.69) is 5.16 Å². The molecular weight excluding hydrogens is 170 g/mol. The molecule has 0 heterocycles. The van der Waals surface area contributed by atoms with Gasteiger partial charge in [0.25, 0.3) is 0 Å². The number of benzene rings is 1. The van der Waals surface area contributed by atoms with E-state index in [1.165, 1.54) is 13.2 Å². The number of hydrogen-bond donors (Lipinski definition) is 2. The average molecular weight is 181 g/mol. The smallest absolute Gasteiger partial charge is 0.161 e. The highest BCUT2D eigenvalue weighted by Gasteiger charge is 2.04. The predicted octanol–water partition coefficient (Wildman–Crippen LogP) is 1.60. The fraction of sp³-hybridized carbons (Fsp3) is 0.222. The molecule has 4 heteroatoms. The van der Waals surface area contributed by atoms with Gasteiger partial charge in [0, 0.05) is 5.56 Å². The molecule has 0 bridgehead atoms. The minimum atomic E-state index is 0.0667. The van der Waals surface area contributed by atoms with E-state index >= 15 is 0 Å². The summed E-state index contributed by atoms with van der Waals surface area (Å²) in [7, 11) is 1.46. The Kier molecular flexibility index (Phi) is 2.74. The van der Waals surface area contributed by atoms with E-state index in [9.17, 15) is 5.11 Å². The molecule has 0 aliphatic rings. The third-order valence-corrected chi connectivity index (χ3v) is 1.75. The summed E-state index contributed by atoms with van der Waals surface area (Å²) >= 11 is 0. The molecule has 0 spiro atoms. The highest BCUT2D eigenvalue weighted by molar-refractivity contribution is 5.98. The third-order valence-electron chi connectivity index (χ3n) is 1.75. The van der Waals surface area contributed by atoms with Gasteiger partial charge in [0.15, 0.2) is 11.5 Å². The van der Waals surface area contributed by atoms with E-state index in [0.717, 1.165) is 0 Å². The van der Waals surface area contributed by atoms with Crippen molar-refractivity contribution in [3.63, 3.8) is 0 Å². The first kappa shape index (κ1) is 9.38. The van der Waals surface area contributed by atoms with Crippen molar-refractivity contribution in [2.45, 2.75) is 6.92 Å². The maximum absolute atomic E-state index is 9.26. The highest BCUT2D eigenvalue weighted by Crippen LogP contribution is 2.26. The van der Waals surface area contributed by atoms with Crippen LogP contribution in [0.2, 0.25) is 0 Å². The minimum Gasteiger partial charge on any atom is -0.504 e. The molecule has 0 atom stereocenters. The van der Waals surface area contributed by atoms with Gasteiger partial charge in [0.2, 0.25) is 0 Å². The summed E-state index contributed by atoms with van der Waals surface area (Å²) in [6, 6.07) is 4.74. The number of rotatable bonds is 2. The molecule has 70 valence electrons. The van der Waals surface area contributed by atoms with Gasteiger partial charge in [0.1, 0.15) is 0 Å². The van der Waals surface area contributed by atoms with E-state index < -0.39 is 0 Å². The van der Waals surface area contributed by atoms with E-state index in [0.29, 0.717) is 17.0 Å². The van der Waals surface area contributed by atoms with Crippen molar-refractivity contribution in [3.05, 3.63) is 23.8 Å². The zero-order valence-electron chi connectivity index (χ0n) is 7.48. The van der Waals surface area contributed by atoms with Gasteiger partial charge >= 0.3 is 0 Å². The first-order chi connectivity index (χ1) is 6.19. The number of phenolic OH excluding ortho intramolecular Hbond substituents is 1. The van der Waals surface area contributed by atoms with Gasteiger partial charge in [-0.25, -0.2) is 0 Å². The number of phenols is 1. The van der Waals surface area contributed by atoms with Gasteiger partial charge in [-0.2, -0.15) is 0 Å². The maximum Gasteiger partial charge on any atom is 0.161 e. The molecule has 0 aromatic heterocycles. The van der Waals surface area contributed by atoms with Gasteiger partial charge < -0.3 is 15.1 Å². The summed E-state index contributed by atoms with van der Waals surface area (Å²) in [5, 5.41) is 20.8. The Morgan fingerprint density at radius 2 is 2.15 bits per heavy atom. The SMILES string of the molecule is COc1cc(/C(C)=N\O)ccc1O. The van der Waals surface area contributed by atoms with Crippen LogP contribution in [-0.4, -0.2) is 23.1 Å². The van der Waals surface area contributed by atoms with Crippen LogP contribution < -0.4 is 4.74 Å². The van der Waals surface area contributed by atoms with Crippen LogP contribution in [0.15, 0.2) is 23.4 Å². The van der Waals surface area contributed by atoms with E-state index in [-0.39, 0.29) is 5.75 Å². The lowest BCUT2D eigenvalue weighted by atomic mass is 10.1. The summed E-state index contributed by atoms with van der Waals surface area (Å²) in [5.74, 6) is 0.428. The Morgan fingerprint density at radius 3 is 2.69 bits per heavy atom. The molecule has 1 rings (SSSR count). The summed E-state index contributed by atoms with van der Waals surface area (Å²) < 4.78 is 4.89. The number of oxime groups is 1. The Balaban J connectivity index is 3.13. The maximum atomic E-state index is 9.26. The molecule has 1 aromatic rings. The van der Waals surface area contributed by atoms with Gasteiger partial charge in [-0.05, 0) is 25.1 Å². The largest absolute Gasteiger partial charge is 0.504 e. The van der Waals surface area contributed by atoms with Crippen molar-refractivity contribution in [2.24, 2.45) is 5.16 Å². The summed E-state index contributed by atoms with van der Waals surface area (Å²) in [5.41, 5.74) is 1.18. The van der Waals surface area contributed by atoms with Gasteiger partial charge in [0.05, 0.1) is 12.8 Å². The molecule has 0 aliphatic carbocycles. The van der Waals surface area contributed by atoms with Gasteiger partial charge in [-0.1, -0.05) is 5.16 Å². The third kappa shape index (κ3) is 1.90. The van der Waals surface area contributed by atoms with Gasteiger partial charge in [-0.15, -0.1) is 0 Å². The normalized spacial score (nSPS) is 11.4. The Hall–Kier alpha value is -1.71. The number of ether oxygens (including phenoxy) is 1. The van der Waals surface area contributed by atoms with E-state index in [4.69, 9.17) is 9.94 Å². The van der Waals surface area contributed by atoms with Crippen LogP contribution >= 0.6 is 0 Å². The molecule has 0 amide bonds. The zero-order chi connectivity index (χ0) is 9.84. The van der Waals surface area contributed by atoms with Crippen LogP contribution in [0.5, 0.6) is 11.5 Å². The monoisotopic (exact) mass is 181 g/mol. The van der Waals surface area contributed by atoms with Crippen molar-refractivity contribution in [2.75, 3.05) is 7.11 Å². The second kappa shape index (κ2) is 3.80. The molecule has 0 saturated heterocycles. The molecule has 2 N–H and O–H groups in total. The fourth-order valence-corrected chi connectivity index (χ4v) is 0.960. The van der Waals surface area contributed by atoms with Crippen molar-refractivity contribution < 1.29 is 15.1 Å². The first-order valence-electron chi connectivity index (χ1n) is 3.75. The van der Waals surface area contributed by atoms with Crippen molar-refractivity contribution in [1.29, 1.82) is 0 Å². The summed E-state index contributed by atoms with van der Waals surface area (Å²) in [6.07, 6.45) is 0. The van der Waals surface area contributed by atoms with Crippen molar-refractivity contribution >= 4 is 5.71 Å². The lowest BCUT2D eigenvalue weighted by Gasteiger charge is -2.04. The summed E-state index contributed by atoms with van der Waals surface area (Å²) in [6.45, 7) is 1.66. The number of nitrogens with zero attached hydrogens (tertiary/aromatic N) is 1. The standard InChI is InChI=1S/C9H11NO3/c1-6(10-12)7-3-4-8(11)9(5-7)13-2/h3-5,11-12H,1-2H3/b10-6-. The molecule has 0 saturated carbocycles. The van der Waals surface area contributed by atoms with Crippen LogP contribution in [0.4, 0.5) is 0 Å². The topological polar surface area (TPSA) is 62.0 Å². The molecular formula is C9H11NO3. The number of aromatic hydroxyl groups is 1. The van der Waals surface area contributed by atoms with E-state index in [1.54, 1.807) is 19.1 Å². The van der Waals surface area contributed by atoms with Crippen LogP contribution in [0.25, 0.3) is 0 Å². The van der Waals surface area contributed by atoms with Crippen LogP contribution in [0.1, 0.15) is 12.5 Å². The second-order valence-corrected chi connectivity index (χ2v) is 2.57. The first-order valence-corrected chi connectivity index (χ1v) is 3.75. The predicted molar refractivity (Wildman–Crippen MR) is 48.7 cm³/mol. The van der Waals surface area contributed by atoms with Crippen molar-refractivity contribution in [1.82, 2.24) is 0 Å². The second-order valence-electron chi connectivity index (χ2n) is 2.57. The average Bonchev–Trinajstić information content (AvgIpc) is 2.17. The van der Waals surface area contributed by atoms with Crippen LogP contribution in [0, 0.1) is 0 Å². The molecule has 13 heavy (non-hydrogen) atoms. The zero-order valence-corrected chi connectivity index (χ0v) is 7.48. The Bertz CT molecular complexity index is 334. The molecule has 0 fully saturated rings. The lowest BCUT2D eigenvalue weighted by molar-refractivity contribution is 0.319. The molecule has 0 unspecified atom stereocenters. The lowest BCUT2D eigenvalue weighted by Crippen LogP contribution is -1.95. The molecule has 1 aromatic carbocycles. The molecule has 4 nitrogen and oxygen atoms in total.